The lowest BCUT2D eigenvalue weighted by molar-refractivity contribution is -0.116. The zero-order valence-electron chi connectivity index (χ0n) is 15.1. The first kappa shape index (κ1) is 18.5. The van der Waals surface area contributed by atoms with Crippen molar-refractivity contribution in [2.75, 3.05) is 0 Å². The Labute approximate surface area is 144 Å². The molecule has 1 aromatic rings. The second-order valence-electron chi connectivity index (χ2n) is 7.36. The van der Waals surface area contributed by atoms with Gasteiger partial charge in [0.15, 0.2) is 0 Å². The average Bonchev–Trinajstić information content (AvgIpc) is 2.48. The fourth-order valence-corrected chi connectivity index (χ4v) is 3.46. The SMILES string of the molecule is CC(=O)Cc1ccc(OC(=O)OC2CC(C)CCC2C(C)C)cc1. The van der Waals surface area contributed by atoms with Crippen molar-refractivity contribution in [3.8, 4) is 5.75 Å². The zero-order valence-corrected chi connectivity index (χ0v) is 15.1. The molecule has 132 valence electrons. The monoisotopic (exact) mass is 332 g/mol. The van der Waals surface area contributed by atoms with Crippen LogP contribution in [-0.2, 0) is 16.0 Å². The summed E-state index contributed by atoms with van der Waals surface area (Å²) in [6.45, 7) is 8.11. The van der Waals surface area contributed by atoms with Crippen molar-refractivity contribution in [2.45, 2.75) is 59.5 Å². The van der Waals surface area contributed by atoms with Crippen LogP contribution in [0.25, 0.3) is 0 Å². The zero-order chi connectivity index (χ0) is 17.7. The summed E-state index contributed by atoms with van der Waals surface area (Å²) in [5, 5.41) is 0. The molecule has 3 atom stereocenters. The molecule has 1 aliphatic carbocycles. The number of hydrogen-bond donors (Lipinski definition) is 0. The molecule has 4 nitrogen and oxygen atoms in total. The van der Waals surface area contributed by atoms with E-state index in [1.165, 1.54) is 6.42 Å². The van der Waals surface area contributed by atoms with Gasteiger partial charge >= 0.3 is 6.16 Å². The summed E-state index contributed by atoms with van der Waals surface area (Å²) in [6, 6.07) is 6.99. The van der Waals surface area contributed by atoms with Gasteiger partial charge in [-0.05, 0) is 55.2 Å². The van der Waals surface area contributed by atoms with E-state index in [-0.39, 0.29) is 11.9 Å². The van der Waals surface area contributed by atoms with Gasteiger partial charge in [0.1, 0.15) is 17.6 Å². The lowest BCUT2D eigenvalue weighted by atomic mass is 9.75. The number of rotatable bonds is 5. The molecule has 1 fully saturated rings. The van der Waals surface area contributed by atoms with Crippen LogP contribution in [0.15, 0.2) is 24.3 Å². The first-order valence-corrected chi connectivity index (χ1v) is 8.82. The minimum absolute atomic E-state index is 0.0711. The fraction of sp³-hybridized carbons (Fsp3) is 0.600. The minimum atomic E-state index is -0.640. The Balaban J connectivity index is 1.92. The highest BCUT2D eigenvalue weighted by Crippen LogP contribution is 2.35. The summed E-state index contributed by atoms with van der Waals surface area (Å²) in [7, 11) is 0. The van der Waals surface area contributed by atoms with Gasteiger partial charge in [0.05, 0.1) is 0 Å². The highest BCUT2D eigenvalue weighted by molar-refractivity contribution is 5.78. The van der Waals surface area contributed by atoms with Gasteiger partial charge in [-0.1, -0.05) is 39.3 Å². The molecule has 0 spiro atoms. The molecule has 24 heavy (non-hydrogen) atoms. The smallest absolute Gasteiger partial charge is 0.430 e. The molecular weight excluding hydrogens is 304 g/mol. The van der Waals surface area contributed by atoms with Crippen LogP contribution >= 0.6 is 0 Å². The van der Waals surface area contributed by atoms with Crippen molar-refractivity contribution in [3.63, 3.8) is 0 Å². The van der Waals surface area contributed by atoms with E-state index in [0.29, 0.717) is 29.9 Å². The molecule has 0 radical (unpaired) electrons. The Hall–Kier alpha value is -1.84. The van der Waals surface area contributed by atoms with Crippen LogP contribution in [0.4, 0.5) is 4.79 Å². The molecule has 1 aromatic carbocycles. The second kappa shape index (κ2) is 8.32. The summed E-state index contributed by atoms with van der Waals surface area (Å²) < 4.78 is 10.9. The van der Waals surface area contributed by atoms with Crippen LogP contribution in [0.3, 0.4) is 0 Å². The fourth-order valence-electron chi connectivity index (χ4n) is 3.46. The summed E-state index contributed by atoms with van der Waals surface area (Å²) in [5.41, 5.74) is 0.907. The number of Topliss-reactive ketones (excluding diaryl/α,β-unsaturated/α-hetero) is 1. The summed E-state index contributed by atoms with van der Waals surface area (Å²) >= 11 is 0. The predicted octanol–water partition coefficient (Wildman–Crippen LogP) is 4.79. The van der Waals surface area contributed by atoms with Gasteiger partial charge in [-0.3, -0.25) is 4.79 Å². The molecule has 2 rings (SSSR count). The van der Waals surface area contributed by atoms with E-state index in [0.717, 1.165) is 18.4 Å². The molecular formula is C20H28O4. The topological polar surface area (TPSA) is 52.6 Å². The quantitative estimate of drug-likeness (QED) is 0.574. The first-order valence-electron chi connectivity index (χ1n) is 8.82. The predicted molar refractivity (Wildman–Crippen MR) is 93.1 cm³/mol. The van der Waals surface area contributed by atoms with Crippen molar-refractivity contribution in [3.05, 3.63) is 29.8 Å². The maximum absolute atomic E-state index is 12.1. The van der Waals surface area contributed by atoms with E-state index in [4.69, 9.17) is 9.47 Å². The molecule has 0 aliphatic heterocycles. The Morgan fingerprint density at radius 3 is 2.42 bits per heavy atom. The maximum atomic E-state index is 12.1. The molecule has 0 aromatic heterocycles. The van der Waals surface area contributed by atoms with Crippen molar-refractivity contribution in [1.29, 1.82) is 0 Å². The summed E-state index contributed by atoms with van der Waals surface area (Å²) in [6.07, 6.45) is 2.86. The highest BCUT2D eigenvalue weighted by Gasteiger charge is 2.33. The van der Waals surface area contributed by atoms with E-state index < -0.39 is 6.16 Å². The van der Waals surface area contributed by atoms with E-state index in [1.54, 1.807) is 31.2 Å². The van der Waals surface area contributed by atoms with E-state index in [1.807, 2.05) is 0 Å². The van der Waals surface area contributed by atoms with Gasteiger partial charge in [-0.15, -0.1) is 0 Å². The standard InChI is InChI=1S/C20H28O4/c1-13(2)18-10-5-14(3)11-19(18)24-20(22)23-17-8-6-16(7-9-17)12-15(4)21/h6-9,13-14,18-19H,5,10-12H2,1-4H3. The van der Waals surface area contributed by atoms with Crippen molar-refractivity contribution in [1.82, 2.24) is 0 Å². The number of hydrogen-bond acceptors (Lipinski definition) is 4. The Morgan fingerprint density at radius 2 is 1.83 bits per heavy atom. The molecule has 3 unspecified atom stereocenters. The van der Waals surface area contributed by atoms with E-state index >= 15 is 0 Å². The van der Waals surface area contributed by atoms with Crippen LogP contribution < -0.4 is 4.74 Å². The van der Waals surface area contributed by atoms with Crippen LogP contribution in [0.5, 0.6) is 5.75 Å². The van der Waals surface area contributed by atoms with Crippen LogP contribution in [0.2, 0.25) is 0 Å². The van der Waals surface area contributed by atoms with Crippen molar-refractivity contribution >= 4 is 11.9 Å². The molecule has 0 bridgehead atoms. The highest BCUT2D eigenvalue weighted by atomic mass is 16.7. The third kappa shape index (κ3) is 5.36. The third-order valence-electron chi connectivity index (χ3n) is 4.79. The number of ether oxygens (including phenoxy) is 2. The number of carbonyl (C=O) groups excluding carboxylic acids is 2. The van der Waals surface area contributed by atoms with Gasteiger partial charge in [-0.25, -0.2) is 4.79 Å². The molecule has 0 saturated heterocycles. The van der Waals surface area contributed by atoms with Crippen molar-refractivity contribution in [2.24, 2.45) is 17.8 Å². The molecule has 1 aliphatic rings. The number of benzene rings is 1. The normalized spacial score (nSPS) is 23.8. The van der Waals surface area contributed by atoms with Crippen LogP contribution in [-0.4, -0.2) is 18.0 Å². The number of ketones is 1. The van der Waals surface area contributed by atoms with Gasteiger partial charge < -0.3 is 9.47 Å². The Kier molecular flexibility index (Phi) is 6.41. The lowest BCUT2D eigenvalue weighted by Gasteiger charge is -2.36. The van der Waals surface area contributed by atoms with E-state index in [9.17, 15) is 9.59 Å². The Morgan fingerprint density at radius 1 is 1.17 bits per heavy atom. The molecule has 0 amide bonds. The maximum Gasteiger partial charge on any atom is 0.514 e. The summed E-state index contributed by atoms with van der Waals surface area (Å²) in [5.74, 6) is 2.00. The van der Waals surface area contributed by atoms with Gasteiger partial charge in [0, 0.05) is 6.42 Å². The average molecular weight is 332 g/mol. The van der Waals surface area contributed by atoms with Gasteiger partial charge in [-0.2, -0.15) is 0 Å². The van der Waals surface area contributed by atoms with Crippen LogP contribution in [0, 0.1) is 17.8 Å². The summed E-state index contributed by atoms with van der Waals surface area (Å²) in [4.78, 5) is 23.2. The minimum Gasteiger partial charge on any atom is -0.430 e. The second-order valence-corrected chi connectivity index (χ2v) is 7.36. The molecule has 0 heterocycles. The van der Waals surface area contributed by atoms with Gasteiger partial charge in [0.25, 0.3) is 0 Å². The third-order valence-corrected chi connectivity index (χ3v) is 4.79. The van der Waals surface area contributed by atoms with Gasteiger partial charge in [0.2, 0.25) is 0 Å². The van der Waals surface area contributed by atoms with E-state index in [2.05, 4.69) is 20.8 Å². The van der Waals surface area contributed by atoms with Crippen molar-refractivity contribution < 1.29 is 19.1 Å². The van der Waals surface area contributed by atoms with Crippen LogP contribution in [0.1, 0.15) is 52.5 Å². The Bertz CT molecular complexity index is 562. The number of carbonyl (C=O) groups is 2. The molecule has 1 saturated carbocycles. The first-order chi connectivity index (χ1) is 11.3. The molecule has 4 heteroatoms. The lowest BCUT2D eigenvalue weighted by Crippen LogP contribution is -2.36. The largest absolute Gasteiger partial charge is 0.514 e. The molecule has 0 N–H and O–H groups in total.